The van der Waals surface area contributed by atoms with Crippen molar-refractivity contribution in [2.75, 3.05) is 12.4 Å². The predicted molar refractivity (Wildman–Crippen MR) is 107 cm³/mol. The Morgan fingerprint density at radius 1 is 0.966 bits per heavy atom. The molecule has 0 fully saturated rings. The van der Waals surface area contributed by atoms with Gasteiger partial charge in [-0.15, -0.1) is 0 Å². The van der Waals surface area contributed by atoms with Crippen molar-refractivity contribution in [3.8, 4) is 5.75 Å². The summed E-state index contributed by atoms with van der Waals surface area (Å²) in [6.07, 6.45) is -1.20. The lowest BCUT2D eigenvalue weighted by atomic mass is 10.0. The molecule has 0 radical (unpaired) electrons. The third-order valence-electron chi connectivity index (χ3n) is 4.24. The highest BCUT2D eigenvalue weighted by Crippen LogP contribution is 2.21. The van der Waals surface area contributed by atoms with Crippen molar-refractivity contribution in [3.05, 3.63) is 59.2 Å². The topological polar surface area (TPSA) is 98.8 Å². The molecule has 0 bridgehead atoms. The summed E-state index contributed by atoms with van der Waals surface area (Å²) in [5, 5.41) is 2.62. The van der Waals surface area contributed by atoms with Crippen LogP contribution in [0.5, 0.6) is 5.75 Å². The van der Waals surface area contributed by atoms with Crippen molar-refractivity contribution in [2.45, 2.75) is 33.3 Å². The molecular formula is C22H23NO6. The van der Waals surface area contributed by atoms with Gasteiger partial charge in [-0.1, -0.05) is 12.1 Å². The maximum absolute atomic E-state index is 12.3. The molecule has 0 saturated heterocycles. The van der Waals surface area contributed by atoms with Gasteiger partial charge in [-0.25, -0.2) is 0 Å². The number of methoxy groups -OCH3 is 1. The Morgan fingerprint density at radius 3 is 2.24 bits per heavy atom. The number of esters is 1. The number of nitrogens with one attached hydrogen (secondary N) is 1. The normalized spacial score (nSPS) is 11.3. The molecule has 0 unspecified atom stereocenters. The molecule has 0 aromatic heterocycles. The quantitative estimate of drug-likeness (QED) is 0.542. The van der Waals surface area contributed by atoms with E-state index < -0.39 is 18.0 Å². The van der Waals surface area contributed by atoms with Crippen LogP contribution in [0.1, 0.15) is 47.1 Å². The highest BCUT2D eigenvalue weighted by Gasteiger charge is 2.20. The second-order valence-electron chi connectivity index (χ2n) is 6.52. The highest BCUT2D eigenvalue weighted by atomic mass is 16.5. The van der Waals surface area contributed by atoms with E-state index in [1.54, 1.807) is 42.5 Å². The zero-order valence-corrected chi connectivity index (χ0v) is 16.8. The number of ketones is 2. The molecule has 2 rings (SSSR count). The molecule has 1 amide bonds. The van der Waals surface area contributed by atoms with Crippen LogP contribution in [0, 0.1) is 0 Å². The first-order valence-electron chi connectivity index (χ1n) is 9.00. The molecule has 0 saturated carbocycles. The number of benzene rings is 2. The number of carbonyl (C=O) groups is 4. The van der Waals surface area contributed by atoms with Gasteiger partial charge in [0.25, 0.3) is 5.91 Å². The summed E-state index contributed by atoms with van der Waals surface area (Å²) in [5.74, 6) is -0.970. The zero-order valence-electron chi connectivity index (χ0n) is 16.8. The first kappa shape index (κ1) is 21.8. The first-order valence-corrected chi connectivity index (χ1v) is 9.00. The third-order valence-corrected chi connectivity index (χ3v) is 4.24. The molecule has 0 aliphatic heterocycles. The summed E-state index contributed by atoms with van der Waals surface area (Å²) in [7, 11) is 1.46. The molecule has 7 heteroatoms. The lowest BCUT2D eigenvalue weighted by molar-refractivity contribution is -0.152. The Morgan fingerprint density at radius 2 is 1.62 bits per heavy atom. The Hall–Kier alpha value is -3.48. The molecule has 0 aliphatic carbocycles. The van der Waals surface area contributed by atoms with E-state index in [2.05, 4.69) is 5.32 Å². The number of ether oxygens (including phenoxy) is 2. The van der Waals surface area contributed by atoms with Gasteiger partial charge in [-0.3, -0.25) is 19.2 Å². The van der Waals surface area contributed by atoms with Crippen LogP contribution in [0.25, 0.3) is 0 Å². The van der Waals surface area contributed by atoms with Crippen LogP contribution < -0.4 is 10.1 Å². The molecule has 29 heavy (non-hydrogen) atoms. The van der Waals surface area contributed by atoms with Crippen LogP contribution in [0.4, 0.5) is 5.69 Å². The number of hydrogen-bond acceptors (Lipinski definition) is 6. The third kappa shape index (κ3) is 6.00. The molecule has 1 atom stereocenters. The van der Waals surface area contributed by atoms with Crippen LogP contribution in [0.3, 0.4) is 0 Å². The van der Waals surface area contributed by atoms with Crippen molar-refractivity contribution in [1.29, 1.82) is 0 Å². The molecule has 2 aromatic carbocycles. The molecule has 0 spiro atoms. The summed E-state index contributed by atoms with van der Waals surface area (Å²) < 4.78 is 10.4. The minimum Gasteiger partial charge on any atom is -0.496 e. The minimum atomic E-state index is -1.05. The smallest absolute Gasteiger partial charge is 0.311 e. The fraction of sp³-hybridized carbons (Fsp3) is 0.273. The maximum atomic E-state index is 12.3. The molecule has 2 aromatic rings. The lowest BCUT2D eigenvalue weighted by Gasteiger charge is -2.15. The van der Waals surface area contributed by atoms with Gasteiger partial charge in [-0.2, -0.15) is 0 Å². The van der Waals surface area contributed by atoms with Gasteiger partial charge in [0, 0.05) is 22.4 Å². The zero-order chi connectivity index (χ0) is 21.6. The van der Waals surface area contributed by atoms with E-state index in [0.717, 1.165) is 0 Å². The molecule has 7 nitrogen and oxygen atoms in total. The van der Waals surface area contributed by atoms with Gasteiger partial charge in [0.1, 0.15) is 5.75 Å². The monoisotopic (exact) mass is 397 g/mol. The number of carbonyl (C=O) groups excluding carboxylic acids is 4. The summed E-state index contributed by atoms with van der Waals surface area (Å²) >= 11 is 0. The van der Waals surface area contributed by atoms with Gasteiger partial charge in [0.2, 0.25) is 0 Å². The van der Waals surface area contributed by atoms with E-state index in [0.29, 0.717) is 28.1 Å². The average Bonchev–Trinajstić information content (AvgIpc) is 2.67. The number of amides is 1. The van der Waals surface area contributed by atoms with Crippen molar-refractivity contribution in [1.82, 2.24) is 0 Å². The van der Waals surface area contributed by atoms with E-state index in [-0.39, 0.29) is 18.0 Å². The predicted octanol–water partition coefficient (Wildman–Crippen LogP) is 3.21. The fourth-order valence-electron chi connectivity index (χ4n) is 2.64. The van der Waals surface area contributed by atoms with Gasteiger partial charge in [0.05, 0.1) is 13.5 Å². The lowest BCUT2D eigenvalue weighted by Crippen LogP contribution is -2.30. The van der Waals surface area contributed by atoms with Crippen molar-refractivity contribution in [2.24, 2.45) is 0 Å². The second kappa shape index (κ2) is 9.64. The van der Waals surface area contributed by atoms with E-state index >= 15 is 0 Å². The molecular weight excluding hydrogens is 374 g/mol. The van der Waals surface area contributed by atoms with Crippen LogP contribution in [-0.4, -0.2) is 36.7 Å². The number of anilines is 1. The molecule has 0 aliphatic rings. The Balaban J connectivity index is 2.02. The van der Waals surface area contributed by atoms with Crippen LogP contribution in [-0.2, 0) is 20.7 Å². The Bertz CT molecular complexity index is 950. The maximum Gasteiger partial charge on any atom is 0.311 e. The summed E-state index contributed by atoms with van der Waals surface area (Å²) in [5.41, 5.74) is 1.84. The second-order valence-corrected chi connectivity index (χ2v) is 6.52. The van der Waals surface area contributed by atoms with Gasteiger partial charge < -0.3 is 14.8 Å². The van der Waals surface area contributed by atoms with Gasteiger partial charge in [-0.05, 0) is 51.1 Å². The SMILES string of the molecule is COc1ccc(C(C)=O)cc1CC(=O)O[C@H](C)C(=O)Nc1cccc(C(C)=O)c1. The van der Waals surface area contributed by atoms with Crippen molar-refractivity contribution < 1.29 is 28.7 Å². The molecule has 0 heterocycles. The minimum absolute atomic E-state index is 0.123. The van der Waals surface area contributed by atoms with Crippen LogP contribution >= 0.6 is 0 Å². The summed E-state index contributed by atoms with van der Waals surface area (Å²) in [6.45, 7) is 4.31. The Kier molecular flexibility index (Phi) is 7.25. The molecule has 152 valence electrons. The van der Waals surface area contributed by atoms with Gasteiger partial charge >= 0.3 is 5.97 Å². The van der Waals surface area contributed by atoms with Crippen LogP contribution in [0.2, 0.25) is 0 Å². The summed E-state index contributed by atoms with van der Waals surface area (Å²) in [6, 6.07) is 11.3. The highest BCUT2D eigenvalue weighted by molar-refractivity contribution is 5.98. The average molecular weight is 397 g/mol. The fourth-order valence-corrected chi connectivity index (χ4v) is 2.64. The van der Waals surface area contributed by atoms with Crippen LogP contribution in [0.15, 0.2) is 42.5 Å². The van der Waals surface area contributed by atoms with Crippen molar-refractivity contribution in [3.63, 3.8) is 0 Å². The van der Waals surface area contributed by atoms with E-state index in [1.165, 1.54) is 27.9 Å². The van der Waals surface area contributed by atoms with E-state index in [4.69, 9.17) is 9.47 Å². The standard InChI is InChI=1S/C22H23NO6/c1-13(24)16-6-5-7-19(11-16)23-22(27)15(3)29-21(26)12-18-10-17(14(2)25)8-9-20(18)28-4/h5-11,15H,12H2,1-4H3,(H,23,27)/t15-/m1/s1. The number of Topliss-reactive ketones (excluding diaryl/α,β-unsaturated/α-hetero) is 2. The number of hydrogen-bond donors (Lipinski definition) is 1. The first-order chi connectivity index (χ1) is 13.7. The largest absolute Gasteiger partial charge is 0.496 e. The number of rotatable bonds is 8. The van der Waals surface area contributed by atoms with E-state index in [9.17, 15) is 19.2 Å². The Labute approximate surface area is 169 Å². The molecule has 1 N–H and O–H groups in total. The van der Waals surface area contributed by atoms with E-state index in [1.807, 2.05) is 0 Å². The van der Waals surface area contributed by atoms with Gasteiger partial charge in [0.15, 0.2) is 17.7 Å². The van der Waals surface area contributed by atoms with Crippen molar-refractivity contribution >= 4 is 29.1 Å². The summed E-state index contributed by atoms with van der Waals surface area (Å²) in [4.78, 5) is 47.6.